The van der Waals surface area contributed by atoms with Gasteiger partial charge in [0, 0.05) is 24.7 Å². The highest BCUT2D eigenvalue weighted by Gasteiger charge is 2.19. The molecule has 5 heteroatoms. The molecule has 1 heterocycles. The van der Waals surface area contributed by atoms with Crippen molar-refractivity contribution in [3.05, 3.63) is 70.8 Å². The van der Waals surface area contributed by atoms with Crippen LogP contribution in [0.25, 0.3) is 0 Å². The first-order valence-electron chi connectivity index (χ1n) is 9.86. The molecule has 0 aromatic heterocycles. The van der Waals surface area contributed by atoms with E-state index in [1.807, 2.05) is 6.07 Å². The summed E-state index contributed by atoms with van der Waals surface area (Å²) < 4.78 is 4.72. The molecule has 2 aromatic rings. The molecule has 1 fully saturated rings. The van der Waals surface area contributed by atoms with E-state index in [0.717, 1.165) is 18.7 Å². The highest BCUT2D eigenvalue weighted by molar-refractivity contribution is 5.97. The fourth-order valence-corrected chi connectivity index (χ4v) is 3.68. The number of esters is 1. The number of nitrogens with one attached hydrogen (secondary N) is 1. The van der Waals surface area contributed by atoms with Crippen molar-refractivity contribution in [2.24, 2.45) is 0 Å². The van der Waals surface area contributed by atoms with Gasteiger partial charge in [0.1, 0.15) is 0 Å². The number of likely N-dealkylation sites (tertiary alicyclic amines) is 1. The molecule has 0 spiro atoms. The first kappa shape index (κ1) is 20.1. The van der Waals surface area contributed by atoms with Gasteiger partial charge in [0.25, 0.3) is 5.91 Å². The Bertz CT molecular complexity index is 834. The maximum Gasteiger partial charge on any atom is 0.337 e. The number of ether oxygens (including phenoxy) is 1. The van der Waals surface area contributed by atoms with Gasteiger partial charge in [0.15, 0.2) is 0 Å². The second-order valence-electron chi connectivity index (χ2n) is 7.34. The average Bonchev–Trinajstić information content (AvgIpc) is 2.74. The maximum absolute atomic E-state index is 12.6. The van der Waals surface area contributed by atoms with Crippen LogP contribution in [0, 0.1) is 0 Å². The fraction of sp³-hybridized carbons (Fsp3) is 0.391. The Labute approximate surface area is 166 Å². The minimum atomic E-state index is -0.448. The lowest BCUT2D eigenvalue weighted by Gasteiger charge is -2.33. The summed E-state index contributed by atoms with van der Waals surface area (Å²) >= 11 is 0. The second kappa shape index (κ2) is 9.51. The molecule has 5 nitrogen and oxygen atoms in total. The average molecular weight is 380 g/mol. The van der Waals surface area contributed by atoms with Gasteiger partial charge >= 0.3 is 5.97 Å². The molecule has 1 unspecified atom stereocenters. The lowest BCUT2D eigenvalue weighted by Crippen LogP contribution is -2.37. The molecule has 0 bridgehead atoms. The van der Waals surface area contributed by atoms with Gasteiger partial charge in [-0.1, -0.05) is 36.8 Å². The van der Waals surface area contributed by atoms with Crippen molar-refractivity contribution in [2.75, 3.05) is 13.7 Å². The molecule has 0 radical (unpaired) electrons. The van der Waals surface area contributed by atoms with Crippen LogP contribution in [0.2, 0.25) is 0 Å². The zero-order valence-corrected chi connectivity index (χ0v) is 16.6. The van der Waals surface area contributed by atoms with Gasteiger partial charge in [0.2, 0.25) is 0 Å². The van der Waals surface area contributed by atoms with Crippen LogP contribution in [0.3, 0.4) is 0 Å². The van der Waals surface area contributed by atoms with E-state index in [1.165, 1.54) is 31.9 Å². The van der Waals surface area contributed by atoms with E-state index in [1.54, 1.807) is 24.3 Å². The van der Waals surface area contributed by atoms with Crippen molar-refractivity contribution < 1.29 is 14.3 Å². The van der Waals surface area contributed by atoms with E-state index in [0.29, 0.717) is 23.7 Å². The standard InChI is InChI=1S/C23H28N2O3/c1-17-8-5-6-13-25(17)16-21-10-4-3-9-20(21)15-24-22(26)18-11-7-12-19(14-18)23(27)28-2/h3-4,7,9-12,14,17H,5-6,8,13,15-16H2,1-2H3,(H,24,26). The lowest BCUT2D eigenvalue weighted by atomic mass is 10.0. The molecule has 1 aliphatic heterocycles. The summed E-state index contributed by atoms with van der Waals surface area (Å²) in [6, 6.07) is 15.4. The first-order chi connectivity index (χ1) is 13.6. The Balaban J connectivity index is 1.66. The summed E-state index contributed by atoms with van der Waals surface area (Å²) in [6.45, 7) is 4.78. The number of carbonyl (C=O) groups excluding carboxylic acids is 2. The van der Waals surface area contributed by atoms with Gasteiger partial charge in [-0.2, -0.15) is 0 Å². The summed E-state index contributed by atoms with van der Waals surface area (Å²) in [4.78, 5) is 26.7. The number of carbonyl (C=O) groups is 2. The smallest absolute Gasteiger partial charge is 0.337 e. The van der Waals surface area contributed by atoms with Crippen molar-refractivity contribution in [3.8, 4) is 0 Å². The molecule has 1 aliphatic rings. The Hall–Kier alpha value is -2.66. The van der Waals surface area contributed by atoms with Gasteiger partial charge in [-0.05, 0) is 55.6 Å². The normalized spacial score (nSPS) is 17.1. The van der Waals surface area contributed by atoms with Crippen LogP contribution in [0.15, 0.2) is 48.5 Å². The number of rotatable bonds is 6. The van der Waals surface area contributed by atoms with Gasteiger partial charge in [-0.15, -0.1) is 0 Å². The molecule has 148 valence electrons. The Morgan fingerprint density at radius 1 is 1.07 bits per heavy atom. The van der Waals surface area contributed by atoms with Crippen LogP contribution in [0.5, 0.6) is 0 Å². The summed E-state index contributed by atoms with van der Waals surface area (Å²) in [5.41, 5.74) is 3.19. The predicted octanol–water partition coefficient (Wildman–Crippen LogP) is 3.78. The Morgan fingerprint density at radius 2 is 1.82 bits per heavy atom. The number of methoxy groups -OCH3 is 1. The molecule has 3 rings (SSSR count). The number of hydrogen-bond donors (Lipinski definition) is 1. The van der Waals surface area contributed by atoms with E-state index in [-0.39, 0.29) is 5.91 Å². The molecule has 1 saturated heterocycles. The summed E-state index contributed by atoms with van der Waals surface area (Å²) in [7, 11) is 1.33. The number of hydrogen-bond acceptors (Lipinski definition) is 4. The topological polar surface area (TPSA) is 58.6 Å². The van der Waals surface area contributed by atoms with Crippen LogP contribution >= 0.6 is 0 Å². The minimum Gasteiger partial charge on any atom is -0.465 e. The molecule has 0 saturated carbocycles. The van der Waals surface area contributed by atoms with E-state index in [9.17, 15) is 9.59 Å². The highest BCUT2D eigenvalue weighted by Crippen LogP contribution is 2.21. The third-order valence-corrected chi connectivity index (χ3v) is 5.42. The van der Waals surface area contributed by atoms with E-state index in [2.05, 4.69) is 35.3 Å². The van der Waals surface area contributed by atoms with E-state index < -0.39 is 5.97 Å². The summed E-state index contributed by atoms with van der Waals surface area (Å²) in [5.74, 6) is -0.650. The molecule has 1 amide bonds. The molecule has 28 heavy (non-hydrogen) atoms. The largest absolute Gasteiger partial charge is 0.465 e. The minimum absolute atomic E-state index is 0.202. The van der Waals surface area contributed by atoms with Crippen molar-refractivity contribution in [2.45, 2.75) is 45.3 Å². The summed E-state index contributed by atoms with van der Waals surface area (Å²) in [5, 5.41) is 2.98. The van der Waals surface area contributed by atoms with Crippen molar-refractivity contribution in [1.29, 1.82) is 0 Å². The van der Waals surface area contributed by atoms with Crippen LogP contribution in [-0.4, -0.2) is 36.5 Å². The van der Waals surface area contributed by atoms with Gasteiger partial charge in [0.05, 0.1) is 12.7 Å². The van der Waals surface area contributed by atoms with Crippen LogP contribution in [0.1, 0.15) is 58.0 Å². The number of nitrogens with zero attached hydrogens (tertiary/aromatic N) is 1. The Morgan fingerprint density at radius 3 is 2.57 bits per heavy atom. The monoisotopic (exact) mass is 380 g/mol. The van der Waals surface area contributed by atoms with Crippen LogP contribution in [-0.2, 0) is 17.8 Å². The van der Waals surface area contributed by atoms with Gasteiger partial charge in [-0.3, -0.25) is 9.69 Å². The van der Waals surface area contributed by atoms with E-state index >= 15 is 0 Å². The maximum atomic E-state index is 12.6. The second-order valence-corrected chi connectivity index (χ2v) is 7.34. The van der Waals surface area contributed by atoms with Crippen LogP contribution in [0.4, 0.5) is 0 Å². The number of piperidine rings is 1. The molecule has 2 aromatic carbocycles. The highest BCUT2D eigenvalue weighted by atomic mass is 16.5. The molecular weight excluding hydrogens is 352 g/mol. The first-order valence-corrected chi connectivity index (χ1v) is 9.86. The SMILES string of the molecule is COC(=O)c1cccc(C(=O)NCc2ccccc2CN2CCCCC2C)c1. The third-order valence-electron chi connectivity index (χ3n) is 5.42. The zero-order valence-electron chi connectivity index (χ0n) is 16.6. The number of benzene rings is 2. The Kier molecular flexibility index (Phi) is 6.82. The van der Waals surface area contributed by atoms with E-state index in [4.69, 9.17) is 4.74 Å². The molecule has 1 N–H and O–H groups in total. The lowest BCUT2D eigenvalue weighted by molar-refractivity contribution is 0.0600. The molecule has 1 atom stereocenters. The zero-order chi connectivity index (χ0) is 19.9. The predicted molar refractivity (Wildman–Crippen MR) is 109 cm³/mol. The quantitative estimate of drug-likeness (QED) is 0.775. The van der Waals surface area contributed by atoms with Gasteiger partial charge in [-0.25, -0.2) is 4.79 Å². The molecular formula is C23H28N2O3. The fourth-order valence-electron chi connectivity index (χ4n) is 3.68. The summed E-state index contributed by atoms with van der Waals surface area (Å²) in [6.07, 6.45) is 3.80. The van der Waals surface area contributed by atoms with Crippen molar-refractivity contribution >= 4 is 11.9 Å². The van der Waals surface area contributed by atoms with Gasteiger partial charge < -0.3 is 10.1 Å². The third kappa shape index (κ3) is 4.98. The van der Waals surface area contributed by atoms with Crippen molar-refractivity contribution in [1.82, 2.24) is 10.2 Å². The molecule has 0 aliphatic carbocycles. The van der Waals surface area contributed by atoms with Crippen molar-refractivity contribution in [3.63, 3.8) is 0 Å². The number of amides is 1. The van der Waals surface area contributed by atoms with Crippen LogP contribution < -0.4 is 5.32 Å².